The van der Waals surface area contributed by atoms with Gasteiger partial charge in [0.25, 0.3) is 0 Å². The van der Waals surface area contributed by atoms with E-state index in [4.69, 9.17) is 0 Å². The molecule has 0 saturated heterocycles. The van der Waals surface area contributed by atoms with Crippen molar-refractivity contribution in [2.24, 2.45) is 4.99 Å². The first-order valence-corrected chi connectivity index (χ1v) is 10.00. The maximum absolute atomic E-state index is 12.0. The van der Waals surface area contributed by atoms with Crippen LogP contribution in [0.25, 0.3) is 12.2 Å². The van der Waals surface area contributed by atoms with Gasteiger partial charge in [0.05, 0.1) is 11.3 Å². The Labute approximate surface area is 181 Å². The molecule has 3 heteroatoms. The zero-order chi connectivity index (χ0) is 21.5. The van der Waals surface area contributed by atoms with E-state index >= 15 is 0 Å². The number of carboxylic acids is 1. The fraction of sp³-hybridized carbons (Fsp3) is 0. The second-order valence-corrected chi connectivity index (χ2v) is 7.05. The van der Waals surface area contributed by atoms with E-state index in [2.05, 4.69) is 4.99 Å². The van der Waals surface area contributed by atoms with Gasteiger partial charge in [-0.1, -0.05) is 97.1 Å². The number of aliphatic imine (C=N–C) groups is 1. The summed E-state index contributed by atoms with van der Waals surface area (Å²) in [7, 11) is 0. The third-order valence-corrected chi connectivity index (χ3v) is 4.86. The highest BCUT2D eigenvalue weighted by Gasteiger charge is 2.11. The van der Waals surface area contributed by atoms with E-state index in [0.29, 0.717) is 5.69 Å². The summed E-state index contributed by atoms with van der Waals surface area (Å²) < 4.78 is 0. The summed E-state index contributed by atoms with van der Waals surface area (Å²) in [6.07, 6.45) is 5.73. The third-order valence-electron chi connectivity index (χ3n) is 4.86. The number of carboxylic acid groups (broad SMARTS) is 1. The number of nitrogens with zero attached hydrogens (tertiary/aromatic N) is 1. The first-order valence-electron chi connectivity index (χ1n) is 10.00. The Morgan fingerprint density at radius 3 is 1.71 bits per heavy atom. The summed E-state index contributed by atoms with van der Waals surface area (Å²) in [5, 5.41) is 11.5. The van der Waals surface area contributed by atoms with Gasteiger partial charge >= 0.3 is 5.97 Å². The van der Waals surface area contributed by atoms with Gasteiger partial charge in [-0.15, -0.1) is 0 Å². The topological polar surface area (TPSA) is 49.7 Å². The molecular weight excluding hydrogens is 382 g/mol. The first kappa shape index (κ1) is 20.0. The summed E-state index contributed by atoms with van der Waals surface area (Å²) in [6, 6.07) is 32.9. The average molecular weight is 403 g/mol. The zero-order valence-corrected chi connectivity index (χ0v) is 16.8. The molecule has 0 spiro atoms. The molecule has 4 rings (SSSR count). The lowest BCUT2D eigenvalue weighted by molar-refractivity contribution is 0.0697. The van der Waals surface area contributed by atoms with Crippen LogP contribution in [0.1, 0.15) is 27.0 Å². The van der Waals surface area contributed by atoms with Gasteiger partial charge in [0.2, 0.25) is 0 Å². The summed E-state index contributed by atoms with van der Waals surface area (Å²) in [6.45, 7) is 0. The number of hydrogen-bond acceptors (Lipinski definition) is 2. The molecule has 150 valence electrons. The van der Waals surface area contributed by atoms with Crippen molar-refractivity contribution in [2.75, 3.05) is 0 Å². The molecule has 4 aromatic carbocycles. The Hall–Kier alpha value is -4.24. The van der Waals surface area contributed by atoms with Crippen LogP contribution in [0.5, 0.6) is 0 Å². The molecule has 0 aliphatic rings. The van der Waals surface area contributed by atoms with Gasteiger partial charge in [-0.2, -0.15) is 0 Å². The van der Waals surface area contributed by atoms with Crippen LogP contribution in [-0.4, -0.2) is 17.3 Å². The monoisotopic (exact) mass is 403 g/mol. The van der Waals surface area contributed by atoms with Crippen molar-refractivity contribution in [2.45, 2.75) is 0 Å². The van der Waals surface area contributed by atoms with Crippen LogP contribution in [0.2, 0.25) is 0 Å². The smallest absolute Gasteiger partial charge is 0.337 e. The highest BCUT2D eigenvalue weighted by Crippen LogP contribution is 2.14. The molecule has 0 fully saturated rings. The summed E-state index contributed by atoms with van der Waals surface area (Å²) >= 11 is 0. The first-order chi connectivity index (χ1) is 15.2. The molecule has 0 saturated carbocycles. The third kappa shape index (κ3) is 5.03. The van der Waals surface area contributed by atoms with Crippen molar-refractivity contribution < 1.29 is 9.90 Å². The van der Waals surface area contributed by atoms with Gasteiger partial charge in [0.1, 0.15) is 0 Å². The Kier molecular flexibility index (Phi) is 6.15. The van der Waals surface area contributed by atoms with Gasteiger partial charge in [-0.25, -0.2) is 4.79 Å². The predicted octanol–water partition coefficient (Wildman–Crippen LogP) is 4.79. The van der Waals surface area contributed by atoms with Gasteiger partial charge in [-0.3, -0.25) is 4.99 Å². The molecule has 0 radical (unpaired) electrons. The molecule has 0 aliphatic heterocycles. The van der Waals surface area contributed by atoms with E-state index in [1.807, 2.05) is 109 Å². The average Bonchev–Trinajstić information content (AvgIpc) is 2.81. The SMILES string of the molecule is O=C(O)c1ccc(=Cc2ccccc2)c(=Cc2ccccc2)c1N=Cc1ccccc1. The summed E-state index contributed by atoms with van der Waals surface area (Å²) in [4.78, 5) is 16.6. The molecule has 0 amide bonds. The fourth-order valence-electron chi connectivity index (χ4n) is 3.34. The van der Waals surface area contributed by atoms with Crippen molar-refractivity contribution in [3.8, 4) is 0 Å². The normalized spacial score (nSPS) is 12.4. The molecule has 31 heavy (non-hydrogen) atoms. The molecule has 0 aromatic heterocycles. The molecular formula is C28H21NO2. The van der Waals surface area contributed by atoms with E-state index in [-0.39, 0.29) is 5.56 Å². The summed E-state index contributed by atoms with van der Waals surface area (Å²) in [5.74, 6) is -1.01. The largest absolute Gasteiger partial charge is 0.478 e. The number of benzene rings is 4. The lowest BCUT2D eigenvalue weighted by Crippen LogP contribution is -2.27. The maximum atomic E-state index is 12.0. The van der Waals surface area contributed by atoms with Crippen molar-refractivity contribution in [3.05, 3.63) is 136 Å². The quantitative estimate of drug-likeness (QED) is 0.487. The molecule has 0 bridgehead atoms. The molecule has 0 unspecified atom stereocenters. The Bertz CT molecular complexity index is 1330. The van der Waals surface area contributed by atoms with E-state index in [1.165, 1.54) is 0 Å². The molecule has 3 nitrogen and oxygen atoms in total. The minimum atomic E-state index is -1.01. The zero-order valence-electron chi connectivity index (χ0n) is 16.8. The van der Waals surface area contributed by atoms with Crippen LogP contribution in [0.15, 0.2) is 108 Å². The minimum absolute atomic E-state index is 0.166. The van der Waals surface area contributed by atoms with Crippen LogP contribution in [0.4, 0.5) is 5.69 Å². The second-order valence-electron chi connectivity index (χ2n) is 7.05. The Morgan fingerprint density at radius 2 is 1.16 bits per heavy atom. The molecule has 0 heterocycles. The van der Waals surface area contributed by atoms with Crippen molar-refractivity contribution in [1.82, 2.24) is 0 Å². The minimum Gasteiger partial charge on any atom is -0.478 e. The van der Waals surface area contributed by atoms with Gasteiger partial charge in [0, 0.05) is 11.4 Å². The number of hydrogen-bond donors (Lipinski definition) is 1. The summed E-state index contributed by atoms with van der Waals surface area (Å²) in [5.41, 5.74) is 3.52. The second kappa shape index (κ2) is 9.51. The molecule has 0 atom stereocenters. The van der Waals surface area contributed by atoms with Gasteiger partial charge < -0.3 is 5.11 Å². The van der Waals surface area contributed by atoms with Crippen LogP contribution in [-0.2, 0) is 0 Å². The van der Waals surface area contributed by atoms with Crippen molar-refractivity contribution in [1.29, 1.82) is 0 Å². The predicted molar refractivity (Wildman–Crippen MR) is 126 cm³/mol. The Morgan fingerprint density at radius 1 is 0.645 bits per heavy atom. The number of carbonyl (C=O) groups is 1. The van der Waals surface area contributed by atoms with Crippen LogP contribution < -0.4 is 10.4 Å². The fourth-order valence-corrected chi connectivity index (χ4v) is 3.34. The molecule has 4 aromatic rings. The van der Waals surface area contributed by atoms with E-state index < -0.39 is 5.97 Å². The van der Waals surface area contributed by atoms with Crippen LogP contribution in [0.3, 0.4) is 0 Å². The molecule has 0 aliphatic carbocycles. The maximum Gasteiger partial charge on any atom is 0.337 e. The van der Waals surface area contributed by atoms with Gasteiger partial charge in [-0.05, 0) is 40.1 Å². The Balaban J connectivity index is 2.01. The van der Waals surface area contributed by atoms with Crippen molar-refractivity contribution in [3.63, 3.8) is 0 Å². The highest BCUT2D eigenvalue weighted by atomic mass is 16.4. The number of aromatic carboxylic acids is 1. The van der Waals surface area contributed by atoms with E-state index in [0.717, 1.165) is 27.1 Å². The lowest BCUT2D eigenvalue weighted by Gasteiger charge is -2.05. The molecule has 1 N–H and O–H groups in total. The number of rotatable bonds is 5. The van der Waals surface area contributed by atoms with Crippen molar-refractivity contribution >= 4 is 30.0 Å². The van der Waals surface area contributed by atoms with Crippen LogP contribution >= 0.6 is 0 Å². The lowest BCUT2D eigenvalue weighted by atomic mass is 10.0. The standard InChI is InChI=1S/C28H21NO2/c30-28(31)25-17-16-24(18-21-10-4-1-5-11-21)26(19-22-12-6-2-7-13-22)27(25)29-20-23-14-8-3-9-15-23/h1-20H,(H,30,31). The van der Waals surface area contributed by atoms with E-state index in [9.17, 15) is 9.90 Å². The van der Waals surface area contributed by atoms with E-state index in [1.54, 1.807) is 12.3 Å². The van der Waals surface area contributed by atoms with Crippen LogP contribution in [0, 0.1) is 0 Å². The highest BCUT2D eigenvalue weighted by molar-refractivity contribution is 5.95. The van der Waals surface area contributed by atoms with Gasteiger partial charge in [0.15, 0.2) is 0 Å².